The lowest BCUT2D eigenvalue weighted by Gasteiger charge is -2.21. The number of carbonyl (C=O) groups is 2. The first-order valence-electron chi connectivity index (χ1n) is 8.10. The first-order chi connectivity index (χ1) is 12.7. The zero-order chi connectivity index (χ0) is 20.4. The minimum Gasteiger partial charge on any atom is -0.478 e. The fourth-order valence-corrected chi connectivity index (χ4v) is 2.28. The molecule has 0 heterocycles. The first-order valence-corrected chi connectivity index (χ1v) is 8.10. The number of hydrogen-bond acceptors (Lipinski definition) is 3. The molecule has 0 radical (unpaired) electrons. The smallest absolute Gasteiger partial charge is 0.328 e. The normalized spacial score (nSPS) is 12.7. The van der Waals surface area contributed by atoms with Gasteiger partial charge in [-0.15, -0.1) is 0 Å². The van der Waals surface area contributed by atoms with Crippen LogP contribution >= 0.6 is 0 Å². The summed E-state index contributed by atoms with van der Waals surface area (Å²) in [6, 6.07) is 13.5. The molecule has 2 rings (SSSR count). The Balaban J connectivity index is 0.000000387. The lowest BCUT2D eigenvalue weighted by atomic mass is 10.0. The zero-order valence-corrected chi connectivity index (χ0v) is 14.9. The van der Waals surface area contributed by atoms with Crippen molar-refractivity contribution in [3.8, 4) is 0 Å². The third kappa shape index (κ3) is 8.73. The number of halogens is 2. The van der Waals surface area contributed by atoms with Crippen molar-refractivity contribution in [1.82, 2.24) is 5.32 Å². The number of hydrogen-bond donors (Lipinski definition) is 3. The average Bonchev–Trinajstić information content (AvgIpc) is 2.60. The Morgan fingerprint density at radius 3 is 1.74 bits per heavy atom. The lowest BCUT2D eigenvalue weighted by molar-refractivity contribution is -0.134. The summed E-state index contributed by atoms with van der Waals surface area (Å²) in [7, 11) is 0. The summed E-state index contributed by atoms with van der Waals surface area (Å²) in [6.45, 7) is 3.93. The van der Waals surface area contributed by atoms with Gasteiger partial charge in [-0.1, -0.05) is 30.3 Å². The highest BCUT2D eigenvalue weighted by Gasteiger charge is 2.12. The Labute approximate surface area is 156 Å². The maximum Gasteiger partial charge on any atom is 0.328 e. The van der Waals surface area contributed by atoms with Crippen LogP contribution in [0.3, 0.4) is 0 Å². The van der Waals surface area contributed by atoms with Crippen LogP contribution < -0.4 is 5.32 Å². The average molecular weight is 377 g/mol. The van der Waals surface area contributed by atoms with Crippen LogP contribution in [0.4, 0.5) is 8.78 Å². The Morgan fingerprint density at radius 2 is 1.30 bits per heavy atom. The number of benzene rings is 2. The van der Waals surface area contributed by atoms with E-state index in [1.807, 2.05) is 44.2 Å². The summed E-state index contributed by atoms with van der Waals surface area (Å²) in [5.74, 6) is -3.60. The molecule has 0 aliphatic rings. The van der Waals surface area contributed by atoms with Gasteiger partial charge in [0.05, 0.1) is 0 Å². The molecule has 0 bridgehead atoms. The Morgan fingerprint density at radius 1 is 0.852 bits per heavy atom. The molecule has 5 nitrogen and oxygen atoms in total. The second-order valence-electron chi connectivity index (χ2n) is 5.73. The Kier molecular flexibility index (Phi) is 8.81. The third-order valence-corrected chi connectivity index (χ3v) is 3.55. The topological polar surface area (TPSA) is 86.6 Å². The molecule has 0 aliphatic carbocycles. The summed E-state index contributed by atoms with van der Waals surface area (Å²) in [5.41, 5.74) is 1.76. The van der Waals surface area contributed by atoms with Crippen LogP contribution in [0.1, 0.15) is 37.1 Å². The van der Waals surface area contributed by atoms with Crippen LogP contribution in [0.25, 0.3) is 0 Å². The fraction of sp³-hybridized carbons (Fsp3) is 0.200. The maximum absolute atomic E-state index is 13.2. The van der Waals surface area contributed by atoms with Crippen molar-refractivity contribution in [1.29, 1.82) is 0 Å². The molecule has 2 atom stereocenters. The quantitative estimate of drug-likeness (QED) is 0.660. The first kappa shape index (κ1) is 22.0. The van der Waals surface area contributed by atoms with Crippen molar-refractivity contribution < 1.29 is 28.6 Å². The Bertz CT molecular complexity index is 758. The molecule has 0 fully saturated rings. The van der Waals surface area contributed by atoms with Crippen molar-refractivity contribution in [3.05, 3.63) is 83.4 Å². The van der Waals surface area contributed by atoms with Crippen molar-refractivity contribution in [2.24, 2.45) is 0 Å². The number of nitrogens with one attached hydrogen (secondary N) is 1. The number of carboxylic acids is 2. The van der Waals surface area contributed by atoms with E-state index in [1.165, 1.54) is 12.1 Å². The van der Waals surface area contributed by atoms with Gasteiger partial charge in [-0.25, -0.2) is 18.4 Å². The summed E-state index contributed by atoms with van der Waals surface area (Å²) in [6.07, 6.45) is 1.12. The predicted molar refractivity (Wildman–Crippen MR) is 97.2 cm³/mol. The molecule has 2 aromatic carbocycles. The summed E-state index contributed by atoms with van der Waals surface area (Å²) >= 11 is 0. The van der Waals surface area contributed by atoms with Crippen LogP contribution in [0.15, 0.2) is 60.7 Å². The lowest BCUT2D eigenvalue weighted by Crippen LogP contribution is -2.22. The highest BCUT2D eigenvalue weighted by Crippen LogP contribution is 2.20. The molecule has 0 spiro atoms. The number of carboxylic acid groups (broad SMARTS) is 2. The van der Waals surface area contributed by atoms with Gasteiger partial charge in [0.25, 0.3) is 0 Å². The monoisotopic (exact) mass is 377 g/mol. The molecule has 7 heteroatoms. The highest BCUT2D eigenvalue weighted by atomic mass is 19.1. The molecule has 0 amide bonds. The van der Waals surface area contributed by atoms with Gasteiger partial charge in [-0.3, -0.25) is 0 Å². The van der Waals surface area contributed by atoms with Crippen molar-refractivity contribution >= 4 is 11.9 Å². The van der Waals surface area contributed by atoms with E-state index >= 15 is 0 Å². The fourth-order valence-electron chi connectivity index (χ4n) is 2.28. The van der Waals surface area contributed by atoms with E-state index in [9.17, 15) is 18.4 Å². The van der Waals surface area contributed by atoms with Gasteiger partial charge in [0.1, 0.15) is 11.6 Å². The second kappa shape index (κ2) is 10.8. The molecule has 27 heavy (non-hydrogen) atoms. The van der Waals surface area contributed by atoms with Gasteiger partial charge in [-0.05, 0) is 37.1 Å². The molecule has 2 aromatic rings. The molecule has 0 aliphatic heterocycles. The minimum atomic E-state index is -1.26. The summed E-state index contributed by atoms with van der Waals surface area (Å²) < 4.78 is 26.4. The zero-order valence-electron chi connectivity index (χ0n) is 14.9. The summed E-state index contributed by atoms with van der Waals surface area (Å²) in [4.78, 5) is 19.1. The molecular weight excluding hydrogens is 356 g/mol. The number of rotatable bonds is 6. The van der Waals surface area contributed by atoms with E-state index in [1.54, 1.807) is 0 Å². The standard InChI is InChI=1S/C16H17F2N.C4H4O4/c1-11(13-6-4-3-5-7-13)19-12(2)14-8-15(17)10-16(18)9-14;5-3(6)1-2-4(7)8/h3-12,19H,1-2H3;1-2H,(H,5,6)(H,7,8)/b;2-1+/t11-,12+;/m0./s1. The molecule has 0 unspecified atom stereocenters. The van der Waals surface area contributed by atoms with Gasteiger partial charge in [0.2, 0.25) is 0 Å². The van der Waals surface area contributed by atoms with Crippen LogP contribution in [0.2, 0.25) is 0 Å². The van der Waals surface area contributed by atoms with Gasteiger partial charge in [0.15, 0.2) is 0 Å². The maximum atomic E-state index is 13.2. The van der Waals surface area contributed by atoms with E-state index in [0.29, 0.717) is 17.7 Å². The second-order valence-corrected chi connectivity index (χ2v) is 5.73. The number of aliphatic carboxylic acids is 2. The molecule has 0 saturated heterocycles. The largest absolute Gasteiger partial charge is 0.478 e. The molecule has 3 N–H and O–H groups in total. The molecular formula is C20H21F2NO4. The van der Waals surface area contributed by atoms with Crippen molar-refractivity contribution in [2.75, 3.05) is 0 Å². The van der Waals surface area contributed by atoms with Crippen molar-refractivity contribution in [3.63, 3.8) is 0 Å². The van der Waals surface area contributed by atoms with E-state index in [2.05, 4.69) is 5.32 Å². The van der Waals surface area contributed by atoms with E-state index in [0.717, 1.165) is 11.6 Å². The molecule has 144 valence electrons. The van der Waals surface area contributed by atoms with Crippen LogP contribution in [0, 0.1) is 11.6 Å². The SMILES string of the molecule is C[C@H](N[C@H](C)c1cc(F)cc(F)c1)c1ccccc1.O=C(O)/C=C/C(=O)O. The minimum absolute atomic E-state index is 0.113. The van der Waals surface area contributed by atoms with Crippen molar-refractivity contribution in [2.45, 2.75) is 25.9 Å². The molecule has 0 aromatic heterocycles. The van der Waals surface area contributed by atoms with Gasteiger partial charge < -0.3 is 15.5 Å². The van der Waals surface area contributed by atoms with E-state index in [4.69, 9.17) is 10.2 Å². The third-order valence-electron chi connectivity index (χ3n) is 3.55. The highest BCUT2D eigenvalue weighted by molar-refractivity contribution is 5.89. The molecule has 0 saturated carbocycles. The van der Waals surface area contributed by atoms with Crippen LogP contribution in [0.5, 0.6) is 0 Å². The van der Waals surface area contributed by atoms with Gasteiger partial charge >= 0.3 is 11.9 Å². The van der Waals surface area contributed by atoms with E-state index < -0.39 is 23.6 Å². The van der Waals surface area contributed by atoms with E-state index in [-0.39, 0.29) is 12.1 Å². The van der Waals surface area contributed by atoms with Crippen LogP contribution in [-0.4, -0.2) is 22.2 Å². The van der Waals surface area contributed by atoms with Crippen LogP contribution in [-0.2, 0) is 9.59 Å². The van der Waals surface area contributed by atoms with Gasteiger partial charge in [-0.2, -0.15) is 0 Å². The predicted octanol–water partition coefficient (Wildman–Crippen LogP) is 4.09. The van der Waals surface area contributed by atoms with Gasteiger partial charge in [0, 0.05) is 30.3 Å². The Hall–Kier alpha value is -3.06. The summed E-state index contributed by atoms with van der Waals surface area (Å²) in [5, 5.41) is 19.0.